The minimum absolute atomic E-state index is 0.185. The molecule has 4 heteroatoms. The first kappa shape index (κ1) is 10.7. The van der Waals surface area contributed by atoms with Crippen molar-refractivity contribution in [3.05, 3.63) is 35.9 Å². The van der Waals surface area contributed by atoms with Crippen LogP contribution >= 0.6 is 0 Å². The second-order valence-electron chi connectivity index (χ2n) is 4.01. The van der Waals surface area contributed by atoms with E-state index in [9.17, 15) is 9.59 Å². The maximum absolute atomic E-state index is 11.0. The quantitative estimate of drug-likeness (QED) is 0.753. The maximum atomic E-state index is 11.0. The minimum Gasteiger partial charge on any atom is -0.335 e. The van der Waals surface area contributed by atoms with Gasteiger partial charge in [0, 0.05) is 6.04 Å². The highest BCUT2D eigenvalue weighted by atomic mass is 16.2. The first-order valence-corrected chi connectivity index (χ1v) is 5.35. The Labute approximate surface area is 94.0 Å². The first-order chi connectivity index (χ1) is 7.79. The molecule has 84 valence electrons. The summed E-state index contributed by atoms with van der Waals surface area (Å²) in [6.07, 6.45) is 2.27. The van der Waals surface area contributed by atoms with Gasteiger partial charge in [-0.15, -0.1) is 0 Å². The lowest BCUT2D eigenvalue weighted by Gasteiger charge is -2.35. The molecule has 0 unspecified atom stereocenters. The molecule has 0 heterocycles. The third-order valence-electron chi connectivity index (χ3n) is 2.93. The number of hydrogen-bond donors (Lipinski definition) is 2. The Morgan fingerprint density at radius 2 is 1.94 bits per heavy atom. The number of nitrogens with one attached hydrogen (secondary N) is 2. The molecule has 1 aliphatic carbocycles. The van der Waals surface area contributed by atoms with Crippen LogP contribution in [0.3, 0.4) is 0 Å². The van der Waals surface area contributed by atoms with E-state index in [2.05, 4.69) is 22.8 Å². The van der Waals surface area contributed by atoms with E-state index >= 15 is 0 Å². The highest BCUT2D eigenvalue weighted by Crippen LogP contribution is 2.36. The van der Waals surface area contributed by atoms with Gasteiger partial charge in [-0.3, -0.25) is 10.1 Å². The van der Waals surface area contributed by atoms with Crippen molar-refractivity contribution in [2.24, 2.45) is 0 Å². The molecule has 1 aromatic rings. The van der Waals surface area contributed by atoms with Gasteiger partial charge in [0.2, 0.25) is 6.41 Å². The molecule has 0 bridgehead atoms. The summed E-state index contributed by atoms with van der Waals surface area (Å²) in [5.41, 5.74) is 1.32. The molecule has 0 radical (unpaired) electrons. The minimum atomic E-state index is -0.411. The molecule has 1 aliphatic rings. The third-order valence-corrected chi connectivity index (χ3v) is 2.93. The molecule has 0 aliphatic heterocycles. The van der Waals surface area contributed by atoms with E-state index in [0.29, 0.717) is 12.3 Å². The molecule has 3 amide bonds. The Hall–Kier alpha value is -1.84. The van der Waals surface area contributed by atoms with E-state index in [-0.39, 0.29) is 6.04 Å². The van der Waals surface area contributed by atoms with Crippen LogP contribution in [0.4, 0.5) is 4.79 Å². The Balaban J connectivity index is 1.78. The van der Waals surface area contributed by atoms with Crippen LogP contribution in [0.2, 0.25) is 0 Å². The standard InChI is InChI=1S/C12H14N2O2/c15-8-13-12(16)14-11-6-10(7-11)9-4-2-1-3-5-9/h1-5,8,10-11H,6-7H2,(H2,13,14,15,16)/t10-,11+. The molecule has 2 rings (SSSR count). The van der Waals surface area contributed by atoms with E-state index in [1.165, 1.54) is 5.56 Å². The second-order valence-corrected chi connectivity index (χ2v) is 4.01. The van der Waals surface area contributed by atoms with Crippen LogP contribution in [-0.2, 0) is 4.79 Å². The largest absolute Gasteiger partial charge is 0.335 e. The SMILES string of the molecule is O=CNC(=O)N[C@H]1C[C@@H](c2ccccc2)C1. The molecule has 0 saturated heterocycles. The number of imide groups is 1. The molecule has 2 N–H and O–H groups in total. The fourth-order valence-electron chi connectivity index (χ4n) is 2.01. The molecule has 1 aromatic carbocycles. The number of hydrogen-bond acceptors (Lipinski definition) is 2. The summed E-state index contributed by atoms with van der Waals surface area (Å²) < 4.78 is 0. The van der Waals surface area contributed by atoms with Crippen LogP contribution in [0.15, 0.2) is 30.3 Å². The van der Waals surface area contributed by atoms with Gasteiger partial charge in [0.15, 0.2) is 0 Å². The van der Waals surface area contributed by atoms with Crippen molar-refractivity contribution in [3.8, 4) is 0 Å². The average Bonchev–Trinajstić information content (AvgIpc) is 2.24. The topological polar surface area (TPSA) is 58.2 Å². The summed E-state index contributed by atoms with van der Waals surface area (Å²) in [6, 6.07) is 10.0. The Morgan fingerprint density at radius 3 is 2.56 bits per heavy atom. The maximum Gasteiger partial charge on any atom is 0.321 e. The van der Waals surface area contributed by atoms with Crippen LogP contribution in [0, 0.1) is 0 Å². The average molecular weight is 218 g/mol. The smallest absolute Gasteiger partial charge is 0.321 e. The third kappa shape index (κ3) is 2.39. The van der Waals surface area contributed by atoms with Gasteiger partial charge in [0.05, 0.1) is 0 Å². The fourth-order valence-corrected chi connectivity index (χ4v) is 2.01. The number of urea groups is 1. The zero-order chi connectivity index (χ0) is 11.4. The summed E-state index contributed by atoms with van der Waals surface area (Å²) in [5, 5.41) is 4.80. The molecule has 0 atom stereocenters. The van der Waals surface area contributed by atoms with Gasteiger partial charge in [0.1, 0.15) is 0 Å². The lowest BCUT2D eigenvalue weighted by molar-refractivity contribution is -0.108. The van der Waals surface area contributed by atoms with E-state index < -0.39 is 6.03 Å². The van der Waals surface area contributed by atoms with E-state index in [1.807, 2.05) is 18.2 Å². The lowest BCUT2D eigenvalue weighted by Crippen LogP contribution is -2.47. The summed E-state index contributed by atoms with van der Waals surface area (Å²) in [7, 11) is 0. The number of carbonyl (C=O) groups excluding carboxylic acids is 2. The first-order valence-electron chi connectivity index (χ1n) is 5.35. The Bertz CT molecular complexity index is 372. The predicted molar refractivity (Wildman–Crippen MR) is 59.9 cm³/mol. The number of carbonyl (C=O) groups is 2. The van der Waals surface area contributed by atoms with Crippen LogP contribution in [-0.4, -0.2) is 18.5 Å². The van der Waals surface area contributed by atoms with Crippen molar-refractivity contribution in [2.45, 2.75) is 24.8 Å². The van der Waals surface area contributed by atoms with E-state index in [0.717, 1.165) is 12.8 Å². The molecular formula is C12H14N2O2. The van der Waals surface area contributed by atoms with Gasteiger partial charge in [-0.1, -0.05) is 30.3 Å². The van der Waals surface area contributed by atoms with Gasteiger partial charge in [-0.2, -0.15) is 0 Å². The highest BCUT2D eigenvalue weighted by molar-refractivity contribution is 5.84. The molecule has 0 spiro atoms. The van der Waals surface area contributed by atoms with Gasteiger partial charge in [-0.05, 0) is 24.3 Å². The highest BCUT2D eigenvalue weighted by Gasteiger charge is 2.30. The summed E-state index contributed by atoms with van der Waals surface area (Å²) in [4.78, 5) is 21.1. The van der Waals surface area contributed by atoms with Gasteiger partial charge < -0.3 is 5.32 Å². The van der Waals surface area contributed by atoms with Crippen molar-refractivity contribution in [1.82, 2.24) is 10.6 Å². The summed E-state index contributed by atoms with van der Waals surface area (Å²) >= 11 is 0. The predicted octanol–water partition coefficient (Wildman–Crippen LogP) is 1.39. The van der Waals surface area contributed by atoms with Gasteiger partial charge >= 0.3 is 6.03 Å². The Morgan fingerprint density at radius 1 is 1.25 bits per heavy atom. The van der Waals surface area contributed by atoms with Gasteiger partial charge in [0.25, 0.3) is 0 Å². The number of benzene rings is 1. The molecule has 0 aromatic heterocycles. The zero-order valence-corrected chi connectivity index (χ0v) is 8.85. The van der Waals surface area contributed by atoms with E-state index in [4.69, 9.17) is 0 Å². The van der Waals surface area contributed by atoms with Crippen LogP contribution < -0.4 is 10.6 Å². The number of amides is 3. The monoisotopic (exact) mass is 218 g/mol. The Kier molecular flexibility index (Phi) is 3.19. The van der Waals surface area contributed by atoms with Crippen molar-refractivity contribution in [1.29, 1.82) is 0 Å². The van der Waals surface area contributed by atoms with Crippen molar-refractivity contribution >= 4 is 12.4 Å². The summed E-state index contributed by atoms with van der Waals surface area (Å²) in [6.45, 7) is 0. The summed E-state index contributed by atoms with van der Waals surface area (Å²) in [5.74, 6) is 0.530. The second kappa shape index (κ2) is 4.79. The normalized spacial score (nSPS) is 23.0. The molecular weight excluding hydrogens is 204 g/mol. The van der Waals surface area contributed by atoms with Crippen LogP contribution in [0.1, 0.15) is 24.3 Å². The van der Waals surface area contributed by atoms with Gasteiger partial charge in [-0.25, -0.2) is 4.79 Å². The molecule has 1 fully saturated rings. The van der Waals surface area contributed by atoms with Crippen LogP contribution in [0.25, 0.3) is 0 Å². The zero-order valence-electron chi connectivity index (χ0n) is 8.85. The molecule has 16 heavy (non-hydrogen) atoms. The van der Waals surface area contributed by atoms with E-state index in [1.54, 1.807) is 0 Å². The number of rotatable bonds is 3. The van der Waals surface area contributed by atoms with Crippen molar-refractivity contribution < 1.29 is 9.59 Å². The van der Waals surface area contributed by atoms with Crippen molar-refractivity contribution in [2.75, 3.05) is 0 Å². The lowest BCUT2D eigenvalue weighted by atomic mass is 9.76. The fraction of sp³-hybridized carbons (Fsp3) is 0.333. The molecule has 1 saturated carbocycles. The van der Waals surface area contributed by atoms with Crippen molar-refractivity contribution in [3.63, 3.8) is 0 Å². The van der Waals surface area contributed by atoms with Crippen LogP contribution in [0.5, 0.6) is 0 Å². The molecule has 4 nitrogen and oxygen atoms in total.